The van der Waals surface area contributed by atoms with Crippen LogP contribution in [0.3, 0.4) is 0 Å². The molecule has 0 bridgehead atoms. The van der Waals surface area contributed by atoms with Crippen LogP contribution in [0.1, 0.15) is 6.42 Å². The minimum atomic E-state index is -4.04. The first-order valence-corrected chi connectivity index (χ1v) is 3.13. The molecule has 0 unspecified atom stereocenters. The summed E-state index contributed by atoms with van der Waals surface area (Å²) >= 11 is 1.75. The topological polar surface area (TPSA) is 0 Å². The van der Waals surface area contributed by atoms with Crippen molar-refractivity contribution >= 4 is 22.6 Å². The molecule has 8 heavy (non-hydrogen) atoms. The van der Waals surface area contributed by atoms with Gasteiger partial charge in [-0.15, -0.1) is 0 Å². The van der Waals surface area contributed by atoms with E-state index in [1.807, 2.05) is 0 Å². The van der Waals surface area contributed by atoms with Crippen LogP contribution in [0.2, 0.25) is 0 Å². The van der Waals surface area contributed by atoms with Gasteiger partial charge in [-0.2, -0.15) is 13.2 Å². The van der Waals surface area contributed by atoms with Gasteiger partial charge in [0.1, 0.15) is 0 Å². The van der Waals surface area contributed by atoms with E-state index in [1.54, 1.807) is 22.6 Å². The van der Waals surface area contributed by atoms with Crippen molar-refractivity contribution in [2.24, 2.45) is 0 Å². The lowest BCUT2D eigenvalue weighted by Crippen LogP contribution is -2.03. The summed E-state index contributed by atoms with van der Waals surface area (Å²) in [5.41, 5.74) is 0. The van der Waals surface area contributed by atoms with Gasteiger partial charge in [0.25, 0.3) is 0 Å². The number of hydrogen-bond donors (Lipinski definition) is 0. The molecule has 0 saturated heterocycles. The Morgan fingerprint density at radius 2 is 1.88 bits per heavy atom. The SMILES string of the molecule is FC(F)(F)CC=CI. The highest BCUT2D eigenvalue weighted by molar-refractivity contribution is 14.1. The number of halogens is 4. The molecule has 0 rings (SSSR count). The highest BCUT2D eigenvalue weighted by Crippen LogP contribution is 2.19. The molecule has 0 heterocycles. The van der Waals surface area contributed by atoms with Crippen LogP contribution in [0, 0.1) is 0 Å². The summed E-state index contributed by atoms with van der Waals surface area (Å²) in [5.74, 6) is 0. The molecule has 0 aromatic rings. The lowest BCUT2D eigenvalue weighted by Gasteiger charge is -1.98. The monoisotopic (exact) mass is 236 g/mol. The molecule has 0 aliphatic carbocycles. The molecular weight excluding hydrogens is 232 g/mol. The maximum Gasteiger partial charge on any atom is 0.392 e. The van der Waals surface area contributed by atoms with E-state index in [9.17, 15) is 13.2 Å². The fourth-order valence-corrected chi connectivity index (χ4v) is 0.432. The lowest BCUT2D eigenvalue weighted by molar-refractivity contribution is -0.124. The molecule has 0 saturated carbocycles. The number of alkyl halides is 3. The summed E-state index contributed by atoms with van der Waals surface area (Å²) in [7, 11) is 0. The molecule has 0 radical (unpaired) electrons. The number of hydrogen-bond acceptors (Lipinski definition) is 0. The quantitative estimate of drug-likeness (QED) is 0.614. The van der Waals surface area contributed by atoms with Crippen LogP contribution in [0.25, 0.3) is 0 Å². The Hall–Kier alpha value is 0.260. The Morgan fingerprint density at radius 3 is 2.00 bits per heavy atom. The summed E-state index contributed by atoms with van der Waals surface area (Å²) in [6, 6.07) is 0. The van der Waals surface area contributed by atoms with Gasteiger partial charge in [-0.3, -0.25) is 0 Å². The summed E-state index contributed by atoms with van der Waals surface area (Å²) in [5, 5.41) is 0. The minimum Gasteiger partial charge on any atom is -0.171 e. The average Bonchev–Trinajstić information content (AvgIpc) is 1.59. The predicted molar refractivity (Wildman–Crippen MR) is 33.8 cm³/mol. The van der Waals surface area contributed by atoms with Gasteiger partial charge in [-0.25, -0.2) is 0 Å². The number of allylic oxidation sites excluding steroid dienone is 1. The molecule has 0 aliphatic heterocycles. The molecule has 0 fully saturated rings. The van der Waals surface area contributed by atoms with Crippen LogP contribution in [0.15, 0.2) is 10.2 Å². The molecular formula is C4H4F3I. The zero-order chi connectivity index (χ0) is 6.62. The van der Waals surface area contributed by atoms with Crippen molar-refractivity contribution in [3.63, 3.8) is 0 Å². The van der Waals surface area contributed by atoms with Gasteiger partial charge in [0, 0.05) is 0 Å². The zero-order valence-corrected chi connectivity index (χ0v) is 6.03. The fraction of sp³-hybridized carbons (Fsp3) is 0.500. The normalized spacial score (nSPS) is 13.0. The van der Waals surface area contributed by atoms with E-state index in [1.165, 1.54) is 4.08 Å². The Morgan fingerprint density at radius 1 is 1.38 bits per heavy atom. The standard InChI is InChI=1S/C4H4F3I/c5-4(6,7)2-1-3-8/h1,3H,2H2. The van der Waals surface area contributed by atoms with Gasteiger partial charge in [0.05, 0.1) is 6.42 Å². The van der Waals surface area contributed by atoms with Crippen molar-refractivity contribution in [1.82, 2.24) is 0 Å². The van der Waals surface area contributed by atoms with Crippen molar-refractivity contribution in [1.29, 1.82) is 0 Å². The summed E-state index contributed by atoms with van der Waals surface area (Å²) < 4.78 is 34.9. The largest absolute Gasteiger partial charge is 0.392 e. The van der Waals surface area contributed by atoms with Crippen LogP contribution in [0.5, 0.6) is 0 Å². The minimum absolute atomic E-state index is 0.823. The Labute approximate surface area is 58.9 Å². The molecule has 4 heteroatoms. The third-order valence-corrected chi connectivity index (χ3v) is 0.947. The fourth-order valence-electron chi connectivity index (χ4n) is 0.178. The van der Waals surface area contributed by atoms with Crippen LogP contribution >= 0.6 is 22.6 Å². The first-order chi connectivity index (χ1) is 3.56. The van der Waals surface area contributed by atoms with Crippen molar-refractivity contribution in [3.8, 4) is 0 Å². The van der Waals surface area contributed by atoms with Gasteiger partial charge >= 0.3 is 6.18 Å². The van der Waals surface area contributed by atoms with Crippen molar-refractivity contribution in [2.75, 3.05) is 0 Å². The van der Waals surface area contributed by atoms with Crippen molar-refractivity contribution in [3.05, 3.63) is 10.2 Å². The predicted octanol–water partition coefficient (Wildman–Crippen LogP) is 2.89. The lowest BCUT2D eigenvalue weighted by atomic mass is 10.4. The third kappa shape index (κ3) is 6.26. The van der Waals surface area contributed by atoms with E-state index in [4.69, 9.17) is 0 Å². The average molecular weight is 236 g/mol. The Balaban J connectivity index is 3.39. The van der Waals surface area contributed by atoms with Crippen LogP contribution in [0.4, 0.5) is 13.2 Å². The van der Waals surface area contributed by atoms with E-state index in [0.29, 0.717) is 0 Å². The summed E-state index contributed by atoms with van der Waals surface area (Å²) in [4.78, 5) is 0. The second kappa shape index (κ2) is 3.32. The molecule has 48 valence electrons. The van der Waals surface area contributed by atoms with E-state index >= 15 is 0 Å². The maximum atomic E-state index is 11.2. The van der Waals surface area contributed by atoms with Gasteiger partial charge in [0.2, 0.25) is 0 Å². The second-order valence-electron chi connectivity index (χ2n) is 1.18. The summed E-state index contributed by atoms with van der Waals surface area (Å²) in [6.07, 6.45) is -3.79. The van der Waals surface area contributed by atoms with Crippen molar-refractivity contribution < 1.29 is 13.2 Å². The first-order valence-electron chi connectivity index (χ1n) is 1.88. The molecule has 0 aromatic heterocycles. The number of rotatable bonds is 1. The van der Waals surface area contributed by atoms with Gasteiger partial charge < -0.3 is 0 Å². The van der Waals surface area contributed by atoms with E-state index in [2.05, 4.69) is 0 Å². The van der Waals surface area contributed by atoms with E-state index < -0.39 is 12.6 Å². The second-order valence-corrected chi connectivity index (χ2v) is 1.90. The zero-order valence-electron chi connectivity index (χ0n) is 3.87. The van der Waals surface area contributed by atoms with Gasteiger partial charge in [-0.05, 0) is 4.08 Å². The maximum absolute atomic E-state index is 11.2. The molecule has 0 nitrogen and oxygen atoms in total. The third-order valence-electron chi connectivity index (χ3n) is 0.438. The Kier molecular flexibility index (Phi) is 3.43. The highest BCUT2D eigenvalue weighted by Gasteiger charge is 2.24. The van der Waals surface area contributed by atoms with Crippen molar-refractivity contribution in [2.45, 2.75) is 12.6 Å². The van der Waals surface area contributed by atoms with E-state index in [0.717, 1.165) is 6.08 Å². The molecule has 0 amide bonds. The van der Waals surface area contributed by atoms with Gasteiger partial charge in [-0.1, -0.05) is 28.7 Å². The van der Waals surface area contributed by atoms with E-state index in [-0.39, 0.29) is 0 Å². The molecule has 0 aromatic carbocycles. The van der Waals surface area contributed by atoms with Crippen LogP contribution in [-0.4, -0.2) is 6.18 Å². The molecule has 0 N–H and O–H groups in total. The smallest absolute Gasteiger partial charge is 0.171 e. The van der Waals surface area contributed by atoms with Crippen LogP contribution < -0.4 is 0 Å². The molecule has 0 atom stereocenters. The molecule has 0 aliphatic rings. The van der Waals surface area contributed by atoms with Crippen LogP contribution in [-0.2, 0) is 0 Å². The highest BCUT2D eigenvalue weighted by atomic mass is 127. The Bertz CT molecular complexity index is 83.8. The first kappa shape index (κ1) is 8.26. The summed E-state index contributed by atoms with van der Waals surface area (Å²) in [6.45, 7) is 0. The van der Waals surface area contributed by atoms with Gasteiger partial charge in [0.15, 0.2) is 0 Å². The molecule has 0 spiro atoms.